The largest absolute Gasteiger partial charge is 0.392 e. The van der Waals surface area contributed by atoms with Gasteiger partial charge in [0.2, 0.25) is 5.91 Å². The highest BCUT2D eigenvalue weighted by molar-refractivity contribution is 6.33. The van der Waals surface area contributed by atoms with Crippen molar-refractivity contribution in [2.75, 3.05) is 18.4 Å². The second-order valence-electron chi connectivity index (χ2n) is 10.7. The van der Waals surface area contributed by atoms with Crippen LogP contribution in [0.3, 0.4) is 0 Å². The van der Waals surface area contributed by atoms with E-state index in [2.05, 4.69) is 17.2 Å². The van der Waals surface area contributed by atoms with Crippen LogP contribution in [0.25, 0.3) is 11.1 Å². The lowest BCUT2D eigenvalue weighted by molar-refractivity contribution is -0.129. The number of pyridine rings is 1. The maximum atomic E-state index is 14.1. The van der Waals surface area contributed by atoms with Gasteiger partial charge in [0.05, 0.1) is 17.7 Å². The van der Waals surface area contributed by atoms with Crippen molar-refractivity contribution in [3.8, 4) is 11.1 Å². The number of nitrogens with one attached hydrogen (secondary N) is 1. The van der Waals surface area contributed by atoms with Crippen molar-refractivity contribution in [2.24, 2.45) is 0 Å². The minimum absolute atomic E-state index is 0.0638. The third-order valence-electron chi connectivity index (χ3n) is 7.98. The third kappa shape index (κ3) is 5.86. The SMILES string of the molecule is CCCC1Cn2cc(-c3cc(NC4CCN(C(C)=O)CC4)ncc3Cl)cc2C(=O)N1Cc1cc(F)ccc1CO. The van der Waals surface area contributed by atoms with E-state index in [4.69, 9.17) is 11.6 Å². The molecule has 5 rings (SSSR count). The fraction of sp³-hybridized carbons (Fsp3) is 0.433. The highest BCUT2D eigenvalue weighted by atomic mass is 35.5. The Labute approximate surface area is 238 Å². The van der Waals surface area contributed by atoms with Crippen LogP contribution in [0, 0.1) is 5.82 Å². The summed E-state index contributed by atoms with van der Waals surface area (Å²) in [5.41, 5.74) is 3.37. The average Bonchev–Trinajstić information content (AvgIpc) is 3.36. The second kappa shape index (κ2) is 12.0. The number of likely N-dealkylation sites (tertiary alicyclic amines) is 1. The molecule has 0 saturated carbocycles. The normalized spacial score (nSPS) is 17.7. The van der Waals surface area contributed by atoms with E-state index in [0.717, 1.165) is 36.8 Å². The minimum atomic E-state index is -0.393. The predicted octanol–water partition coefficient (Wildman–Crippen LogP) is 5.08. The van der Waals surface area contributed by atoms with Gasteiger partial charge in [-0.25, -0.2) is 9.37 Å². The number of carbonyl (C=O) groups is 2. The first kappa shape index (κ1) is 28.1. The van der Waals surface area contributed by atoms with E-state index in [9.17, 15) is 19.1 Å². The average molecular weight is 568 g/mol. The molecule has 2 amide bonds. The molecule has 2 aliphatic rings. The third-order valence-corrected chi connectivity index (χ3v) is 8.29. The number of aromatic nitrogens is 2. The monoisotopic (exact) mass is 567 g/mol. The van der Waals surface area contributed by atoms with Crippen LogP contribution < -0.4 is 5.32 Å². The molecular weight excluding hydrogens is 533 g/mol. The fourth-order valence-corrected chi connectivity index (χ4v) is 5.99. The molecule has 2 N–H and O–H groups in total. The van der Waals surface area contributed by atoms with Gasteiger partial charge in [-0.2, -0.15) is 0 Å². The summed E-state index contributed by atoms with van der Waals surface area (Å²) in [6.07, 6.45) is 6.96. The van der Waals surface area contributed by atoms with Gasteiger partial charge in [0.15, 0.2) is 0 Å². The van der Waals surface area contributed by atoms with E-state index in [-0.39, 0.29) is 37.0 Å². The molecular formula is C30H35ClFN5O3. The smallest absolute Gasteiger partial charge is 0.271 e. The standard InChI is InChI=1S/C30H35ClFN5O3/c1-3-4-25-17-36-15-22(12-28(36)30(40)37(25)16-21-11-23(32)6-5-20(21)18-38)26-13-29(33-14-27(26)31)34-24-7-9-35(10-8-24)19(2)39/h5-6,11-15,24-25,38H,3-4,7-10,16-18H2,1-2H3,(H,33,34). The van der Waals surface area contributed by atoms with Crippen LogP contribution in [0.15, 0.2) is 42.7 Å². The molecule has 8 nitrogen and oxygen atoms in total. The van der Waals surface area contributed by atoms with Crippen LogP contribution in [-0.4, -0.2) is 61.4 Å². The van der Waals surface area contributed by atoms with Gasteiger partial charge < -0.3 is 24.8 Å². The molecule has 1 saturated heterocycles. The number of aliphatic hydroxyl groups excluding tert-OH is 1. The van der Waals surface area contributed by atoms with Crippen LogP contribution in [0.1, 0.15) is 61.1 Å². The summed E-state index contributed by atoms with van der Waals surface area (Å²) in [6, 6.07) is 8.19. The molecule has 3 aromatic rings. The van der Waals surface area contributed by atoms with E-state index in [0.29, 0.717) is 47.3 Å². The van der Waals surface area contributed by atoms with Gasteiger partial charge in [-0.1, -0.05) is 31.0 Å². The zero-order chi connectivity index (χ0) is 28.4. The topological polar surface area (TPSA) is 90.7 Å². The van der Waals surface area contributed by atoms with E-state index < -0.39 is 5.82 Å². The Kier molecular flexibility index (Phi) is 8.42. The van der Waals surface area contributed by atoms with E-state index in [1.807, 2.05) is 27.8 Å². The number of amides is 2. The van der Waals surface area contributed by atoms with Gasteiger partial charge in [-0.15, -0.1) is 0 Å². The summed E-state index contributed by atoms with van der Waals surface area (Å²) in [4.78, 5) is 33.6. The van der Waals surface area contributed by atoms with Crippen molar-refractivity contribution in [1.29, 1.82) is 0 Å². The van der Waals surface area contributed by atoms with Gasteiger partial charge >= 0.3 is 0 Å². The number of anilines is 1. The van der Waals surface area contributed by atoms with Crippen molar-refractivity contribution < 1.29 is 19.1 Å². The lowest BCUT2D eigenvalue weighted by Gasteiger charge is -2.37. The summed E-state index contributed by atoms with van der Waals surface area (Å²) in [7, 11) is 0. The Morgan fingerprint density at radius 1 is 1.20 bits per heavy atom. The number of hydrogen-bond donors (Lipinski definition) is 2. The molecule has 40 heavy (non-hydrogen) atoms. The molecule has 212 valence electrons. The highest BCUT2D eigenvalue weighted by Crippen LogP contribution is 2.34. The summed E-state index contributed by atoms with van der Waals surface area (Å²) < 4.78 is 16.0. The van der Waals surface area contributed by atoms with Crippen LogP contribution in [0.2, 0.25) is 5.02 Å². The number of halogens is 2. The number of piperidine rings is 1. The molecule has 0 radical (unpaired) electrons. The number of hydrogen-bond acceptors (Lipinski definition) is 5. The van der Waals surface area contributed by atoms with Crippen molar-refractivity contribution in [2.45, 2.75) is 71.3 Å². The van der Waals surface area contributed by atoms with Gasteiger partial charge in [-0.05, 0) is 54.7 Å². The minimum Gasteiger partial charge on any atom is -0.392 e. The first-order valence-electron chi connectivity index (χ1n) is 13.8. The van der Waals surface area contributed by atoms with E-state index in [1.54, 1.807) is 24.1 Å². The van der Waals surface area contributed by atoms with E-state index >= 15 is 0 Å². The summed E-state index contributed by atoms with van der Waals surface area (Å²) >= 11 is 6.59. The molecule has 0 bridgehead atoms. The molecule has 2 aromatic heterocycles. The first-order chi connectivity index (χ1) is 19.3. The maximum Gasteiger partial charge on any atom is 0.271 e. The number of benzene rings is 1. The number of rotatable bonds is 8. The quantitative estimate of drug-likeness (QED) is 0.396. The molecule has 1 fully saturated rings. The van der Waals surface area contributed by atoms with Gasteiger partial charge in [-0.3, -0.25) is 9.59 Å². The summed E-state index contributed by atoms with van der Waals surface area (Å²) in [6.45, 7) is 5.73. The Morgan fingerprint density at radius 3 is 2.67 bits per heavy atom. The van der Waals surface area contributed by atoms with Crippen molar-refractivity contribution >= 4 is 29.2 Å². The first-order valence-corrected chi connectivity index (χ1v) is 14.2. The van der Waals surface area contributed by atoms with Crippen molar-refractivity contribution in [3.63, 3.8) is 0 Å². The van der Waals surface area contributed by atoms with Crippen molar-refractivity contribution in [1.82, 2.24) is 19.4 Å². The van der Waals surface area contributed by atoms with Gasteiger partial charge in [0.1, 0.15) is 17.3 Å². The Morgan fingerprint density at radius 2 is 1.98 bits per heavy atom. The molecule has 4 heterocycles. The molecule has 2 aliphatic heterocycles. The fourth-order valence-electron chi connectivity index (χ4n) is 5.77. The molecule has 1 aromatic carbocycles. The molecule has 0 spiro atoms. The number of nitrogens with zero attached hydrogens (tertiary/aromatic N) is 4. The van der Waals surface area contributed by atoms with Crippen molar-refractivity contribution in [3.05, 3.63) is 70.4 Å². The second-order valence-corrected chi connectivity index (χ2v) is 11.1. The van der Waals surface area contributed by atoms with Gasteiger partial charge in [0.25, 0.3) is 5.91 Å². The number of fused-ring (bicyclic) bond motifs is 1. The summed E-state index contributed by atoms with van der Waals surface area (Å²) in [5.74, 6) is 0.270. The lowest BCUT2D eigenvalue weighted by atomic mass is 10.0. The molecule has 1 atom stereocenters. The number of carbonyl (C=O) groups excluding carboxylic acids is 2. The maximum absolute atomic E-state index is 14.1. The van der Waals surface area contributed by atoms with Gasteiger partial charge in [0, 0.05) is 62.7 Å². The Hall–Kier alpha value is -3.43. The van der Waals surface area contributed by atoms with E-state index in [1.165, 1.54) is 12.1 Å². The van der Waals surface area contributed by atoms with Crippen LogP contribution in [-0.2, 0) is 24.5 Å². The molecule has 1 unspecified atom stereocenters. The zero-order valence-electron chi connectivity index (χ0n) is 22.9. The van der Waals surface area contributed by atoms with Crippen LogP contribution in [0.4, 0.5) is 10.2 Å². The molecule has 10 heteroatoms. The number of aliphatic hydroxyl groups is 1. The highest BCUT2D eigenvalue weighted by Gasteiger charge is 2.33. The predicted molar refractivity (Wildman–Crippen MR) is 152 cm³/mol. The molecule has 0 aliphatic carbocycles. The Balaban J connectivity index is 1.39. The van der Waals surface area contributed by atoms with Crippen LogP contribution in [0.5, 0.6) is 0 Å². The lowest BCUT2D eigenvalue weighted by Crippen LogP contribution is -2.47. The summed E-state index contributed by atoms with van der Waals surface area (Å²) in [5, 5.41) is 13.7. The van der Waals surface area contributed by atoms with Crippen LogP contribution >= 0.6 is 11.6 Å². The Bertz CT molecular complexity index is 1400. The zero-order valence-corrected chi connectivity index (χ0v) is 23.6.